The van der Waals surface area contributed by atoms with Gasteiger partial charge in [0.2, 0.25) is 0 Å². The number of anilines is 2. The third-order valence-corrected chi connectivity index (χ3v) is 4.68. The van der Waals surface area contributed by atoms with Crippen molar-refractivity contribution < 1.29 is 0 Å². The lowest BCUT2D eigenvalue weighted by atomic mass is 9.96. The fourth-order valence-electron chi connectivity index (χ4n) is 3.96. The summed E-state index contributed by atoms with van der Waals surface area (Å²) in [7, 11) is 0. The van der Waals surface area contributed by atoms with E-state index in [-0.39, 0.29) is 0 Å². The maximum absolute atomic E-state index is 7.28. The van der Waals surface area contributed by atoms with Gasteiger partial charge in [-0.15, -0.1) is 0 Å². The van der Waals surface area contributed by atoms with Crippen LogP contribution in [-0.4, -0.2) is 6.67 Å². The SMILES string of the molecule is [C-]#[N+]c1cc(C)c2c(c1)CN1CN2Cc2cc([N+]#[C-])cc(C)c21. The molecule has 23 heavy (non-hydrogen) atoms. The summed E-state index contributed by atoms with van der Waals surface area (Å²) in [6, 6.07) is 7.97. The molecule has 0 unspecified atom stereocenters. The van der Waals surface area contributed by atoms with Crippen LogP contribution < -0.4 is 9.80 Å². The van der Waals surface area contributed by atoms with E-state index in [1.807, 2.05) is 24.3 Å². The van der Waals surface area contributed by atoms with Crippen LogP contribution in [0, 0.1) is 27.0 Å². The average Bonchev–Trinajstić information content (AvgIpc) is 2.53. The van der Waals surface area contributed by atoms with Gasteiger partial charge in [0.1, 0.15) is 0 Å². The Morgan fingerprint density at radius 1 is 0.783 bits per heavy atom. The highest BCUT2D eigenvalue weighted by Gasteiger charge is 2.31. The molecule has 112 valence electrons. The van der Waals surface area contributed by atoms with Gasteiger partial charge in [-0.25, -0.2) is 9.69 Å². The van der Waals surface area contributed by atoms with Crippen molar-refractivity contribution in [1.82, 2.24) is 0 Å². The van der Waals surface area contributed by atoms with Gasteiger partial charge in [0, 0.05) is 24.5 Å². The zero-order chi connectivity index (χ0) is 16.1. The molecular formula is C19H16N4. The van der Waals surface area contributed by atoms with Crippen LogP contribution in [0.15, 0.2) is 24.3 Å². The van der Waals surface area contributed by atoms with Gasteiger partial charge in [0.15, 0.2) is 11.4 Å². The fraction of sp³-hybridized carbons (Fsp3) is 0.263. The Labute approximate surface area is 136 Å². The van der Waals surface area contributed by atoms with E-state index in [1.165, 1.54) is 22.5 Å². The van der Waals surface area contributed by atoms with Crippen molar-refractivity contribution in [2.45, 2.75) is 26.9 Å². The first-order valence-corrected chi connectivity index (χ1v) is 7.62. The van der Waals surface area contributed by atoms with Crippen LogP contribution in [0.3, 0.4) is 0 Å². The molecule has 0 atom stereocenters. The Hall–Kier alpha value is -2.98. The second kappa shape index (κ2) is 4.76. The molecule has 2 aliphatic rings. The van der Waals surface area contributed by atoms with E-state index in [4.69, 9.17) is 13.1 Å². The van der Waals surface area contributed by atoms with Crippen molar-refractivity contribution in [3.05, 3.63) is 69.4 Å². The smallest absolute Gasteiger partial charge is 0.187 e. The van der Waals surface area contributed by atoms with Crippen molar-refractivity contribution in [1.29, 1.82) is 0 Å². The number of rotatable bonds is 0. The molecule has 2 aromatic carbocycles. The number of fused-ring (bicyclic) bond motifs is 6. The molecule has 4 rings (SSSR count). The molecule has 0 radical (unpaired) electrons. The Morgan fingerprint density at radius 3 is 1.61 bits per heavy atom. The molecule has 4 nitrogen and oxygen atoms in total. The first kappa shape index (κ1) is 13.7. The number of hydrogen-bond donors (Lipinski definition) is 0. The number of benzene rings is 2. The van der Waals surface area contributed by atoms with E-state index in [2.05, 4.69) is 33.3 Å². The van der Waals surface area contributed by atoms with E-state index in [0.29, 0.717) is 11.4 Å². The summed E-state index contributed by atoms with van der Waals surface area (Å²) in [6.07, 6.45) is 0. The molecule has 0 N–H and O–H groups in total. The molecular weight excluding hydrogens is 284 g/mol. The van der Waals surface area contributed by atoms with Crippen LogP contribution in [0.5, 0.6) is 0 Å². The monoisotopic (exact) mass is 300 g/mol. The molecule has 0 amide bonds. The van der Waals surface area contributed by atoms with Crippen LogP contribution in [-0.2, 0) is 13.1 Å². The normalized spacial score (nSPS) is 14.6. The van der Waals surface area contributed by atoms with E-state index in [0.717, 1.165) is 30.9 Å². The molecule has 2 aromatic rings. The lowest BCUT2D eigenvalue weighted by Gasteiger charge is -2.46. The number of nitrogens with zero attached hydrogens (tertiary/aromatic N) is 4. The summed E-state index contributed by atoms with van der Waals surface area (Å²) in [5.74, 6) is 0. The van der Waals surface area contributed by atoms with E-state index in [1.54, 1.807) is 0 Å². The first-order chi connectivity index (χ1) is 11.1. The van der Waals surface area contributed by atoms with Gasteiger partial charge in [-0.3, -0.25) is 0 Å². The Bertz CT molecular complexity index is 839. The molecule has 0 saturated carbocycles. The lowest BCUT2D eigenvalue weighted by molar-refractivity contribution is 0.647. The van der Waals surface area contributed by atoms with Crippen molar-refractivity contribution >= 4 is 22.7 Å². The topological polar surface area (TPSA) is 15.2 Å². The van der Waals surface area contributed by atoms with Gasteiger partial charge in [-0.2, -0.15) is 0 Å². The fourth-order valence-corrected chi connectivity index (χ4v) is 3.96. The lowest BCUT2D eigenvalue weighted by Crippen LogP contribution is -2.46. The van der Waals surface area contributed by atoms with Crippen molar-refractivity contribution in [3.63, 3.8) is 0 Å². The van der Waals surface area contributed by atoms with E-state index in [9.17, 15) is 0 Å². The Balaban J connectivity index is 1.87. The predicted molar refractivity (Wildman–Crippen MR) is 92.1 cm³/mol. The summed E-state index contributed by atoms with van der Waals surface area (Å²) in [5, 5.41) is 0. The third-order valence-electron chi connectivity index (χ3n) is 4.68. The summed E-state index contributed by atoms with van der Waals surface area (Å²) < 4.78 is 0. The van der Waals surface area contributed by atoms with Crippen LogP contribution in [0.2, 0.25) is 0 Å². The number of aryl methyl sites for hydroxylation is 2. The van der Waals surface area contributed by atoms with Crippen LogP contribution in [0.25, 0.3) is 9.69 Å². The van der Waals surface area contributed by atoms with E-state index < -0.39 is 0 Å². The zero-order valence-electron chi connectivity index (χ0n) is 13.2. The summed E-state index contributed by atoms with van der Waals surface area (Å²) >= 11 is 0. The second-order valence-electron chi connectivity index (χ2n) is 6.30. The zero-order valence-corrected chi connectivity index (χ0v) is 13.2. The quantitative estimate of drug-likeness (QED) is 0.655. The predicted octanol–water partition coefficient (Wildman–Crippen LogP) is 4.70. The molecule has 4 heteroatoms. The van der Waals surface area contributed by atoms with Gasteiger partial charge < -0.3 is 9.80 Å². The van der Waals surface area contributed by atoms with Gasteiger partial charge in [0.25, 0.3) is 0 Å². The Morgan fingerprint density at radius 2 is 1.22 bits per heavy atom. The standard InChI is InChI=1S/C19H16N4/c1-12-5-16(20-3)7-14-9-23-11-22(18(12)14)10-15-8-17(21-4)6-13(2)19(15)23/h5-8H,9-11H2,1-2H3. The average molecular weight is 300 g/mol. The van der Waals surface area contributed by atoms with Gasteiger partial charge in [0.05, 0.1) is 19.8 Å². The van der Waals surface area contributed by atoms with Gasteiger partial charge >= 0.3 is 0 Å². The first-order valence-electron chi connectivity index (χ1n) is 7.62. The molecule has 0 fully saturated rings. The summed E-state index contributed by atoms with van der Waals surface area (Å²) in [6.45, 7) is 21.2. The van der Waals surface area contributed by atoms with Gasteiger partial charge in [-0.05, 0) is 48.2 Å². The summed E-state index contributed by atoms with van der Waals surface area (Å²) in [4.78, 5) is 11.9. The molecule has 2 heterocycles. The molecule has 2 bridgehead atoms. The second-order valence-corrected chi connectivity index (χ2v) is 6.30. The highest BCUT2D eigenvalue weighted by Crippen LogP contribution is 2.43. The molecule has 0 aliphatic carbocycles. The minimum Gasteiger partial charge on any atom is -0.349 e. The van der Waals surface area contributed by atoms with Gasteiger partial charge in [-0.1, -0.05) is 12.1 Å². The van der Waals surface area contributed by atoms with Crippen LogP contribution in [0.4, 0.5) is 22.7 Å². The number of hydrogen-bond acceptors (Lipinski definition) is 2. The van der Waals surface area contributed by atoms with E-state index >= 15 is 0 Å². The largest absolute Gasteiger partial charge is 0.349 e. The maximum atomic E-state index is 7.28. The third kappa shape index (κ3) is 1.96. The molecule has 0 saturated heterocycles. The van der Waals surface area contributed by atoms with Crippen LogP contribution >= 0.6 is 0 Å². The highest BCUT2D eigenvalue weighted by atomic mass is 15.4. The minimum atomic E-state index is 0.712. The molecule has 0 aromatic heterocycles. The summed E-state index contributed by atoms with van der Waals surface area (Å²) in [5.41, 5.74) is 8.70. The highest BCUT2D eigenvalue weighted by molar-refractivity contribution is 5.76. The van der Waals surface area contributed by atoms with Crippen molar-refractivity contribution in [2.24, 2.45) is 0 Å². The Kier molecular flexibility index (Phi) is 2.83. The molecule has 0 spiro atoms. The molecule has 2 aliphatic heterocycles. The minimum absolute atomic E-state index is 0.712. The maximum Gasteiger partial charge on any atom is 0.187 e. The van der Waals surface area contributed by atoms with Crippen LogP contribution in [0.1, 0.15) is 22.3 Å². The van der Waals surface area contributed by atoms with Crippen molar-refractivity contribution in [2.75, 3.05) is 16.5 Å². The van der Waals surface area contributed by atoms with Crippen molar-refractivity contribution in [3.8, 4) is 0 Å².